The van der Waals surface area contributed by atoms with Gasteiger partial charge in [-0.2, -0.15) is 0 Å². The molecule has 0 bridgehead atoms. The zero-order valence-electron chi connectivity index (χ0n) is 10.2. The standard InChI is InChI=1S/C12H19N3O/c1-9-6-11(14-7-10(9)13)15-4-5-16-12(2,3)8-15/h6-7H,4-5,8,13H2,1-3H3. The topological polar surface area (TPSA) is 51.4 Å². The molecule has 1 aliphatic heterocycles. The van der Waals surface area contributed by atoms with Crippen LogP contribution in [0.15, 0.2) is 12.3 Å². The van der Waals surface area contributed by atoms with E-state index in [4.69, 9.17) is 10.5 Å². The first kappa shape index (κ1) is 11.2. The number of ether oxygens (including phenoxy) is 1. The Hall–Kier alpha value is -1.29. The molecule has 1 aromatic heterocycles. The fourth-order valence-corrected chi connectivity index (χ4v) is 1.94. The number of hydrogen-bond acceptors (Lipinski definition) is 4. The van der Waals surface area contributed by atoms with E-state index in [1.54, 1.807) is 6.20 Å². The van der Waals surface area contributed by atoms with Crippen LogP contribution in [0.2, 0.25) is 0 Å². The third-order valence-electron chi connectivity index (χ3n) is 2.89. The first-order chi connectivity index (χ1) is 7.48. The summed E-state index contributed by atoms with van der Waals surface area (Å²) in [6, 6.07) is 2.04. The number of hydrogen-bond donors (Lipinski definition) is 1. The molecule has 88 valence electrons. The normalized spacial score (nSPS) is 19.8. The highest BCUT2D eigenvalue weighted by Gasteiger charge is 2.27. The molecule has 2 N–H and O–H groups in total. The minimum Gasteiger partial charge on any atom is -0.397 e. The summed E-state index contributed by atoms with van der Waals surface area (Å²) in [5.41, 5.74) is 7.49. The Bertz CT molecular complexity index is 390. The fourth-order valence-electron chi connectivity index (χ4n) is 1.94. The van der Waals surface area contributed by atoms with Gasteiger partial charge in [-0.05, 0) is 32.4 Å². The van der Waals surface area contributed by atoms with Gasteiger partial charge in [-0.25, -0.2) is 4.98 Å². The third kappa shape index (κ3) is 2.27. The molecular weight excluding hydrogens is 202 g/mol. The minimum atomic E-state index is -0.102. The van der Waals surface area contributed by atoms with Gasteiger partial charge in [0.05, 0.1) is 24.1 Å². The molecule has 0 spiro atoms. The van der Waals surface area contributed by atoms with Crippen LogP contribution in [0.25, 0.3) is 0 Å². The molecule has 0 unspecified atom stereocenters. The van der Waals surface area contributed by atoms with Crippen LogP contribution in [0, 0.1) is 6.92 Å². The van der Waals surface area contributed by atoms with Crippen molar-refractivity contribution in [1.29, 1.82) is 0 Å². The molecule has 4 nitrogen and oxygen atoms in total. The van der Waals surface area contributed by atoms with Crippen LogP contribution in [-0.4, -0.2) is 30.3 Å². The number of pyridine rings is 1. The Morgan fingerprint density at radius 2 is 2.25 bits per heavy atom. The smallest absolute Gasteiger partial charge is 0.129 e. The SMILES string of the molecule is Cc1cc(N2CCOC(C)(C)C2)ncc1N. The van der Waals surface area contributed by atoms with Crippen molar-refractivity contribution in [2.24, 2.45) is 0 Å². The lowest BCUT2D eigenvalue weighted by atomic mass is 10.1. The molecule has 0 aliphatic carbocycles. The lowest BCUT2D eigenvalue weighted by Gasteiger charge is -2.38. The fraction of sp³-hybridized carbons (Fsp3) is 0.583. The van der Waals surface area contributed by atoms with Crippen LogP contribution in [-0.2, 0) is 4.74 Å². The van der Waals surface area contributed by atoms with Crippen molar-refractivity contribution >= 4 is 11.5 Å². The van der Waals surface area contributed by atoms with Crippen molar-refractivity contribution in [3.8, 4) is 0 Å². The van der Waals surface area contributed by atoms with Gasteiger partial charge in [0, 0.05) is 13.1 Å². The molecule has 0 atom stereocenters. The van der Waals surface area contributed by atoms with E-state index in [0.29, 0.717) is 0 Å². The summed E-state index contributed by atoms with van der Waals surface area (Å²) in [6.45, 7) is 8.71. The van der Waals surface area contributed by atoms with Crippen LogP contribution >= 0.6 is 0 Å². The lowest BCUT2D eigenvalue weighted by Crippen LogP contribution is -2.48. The number of anilines is 2. The number of rotatable bonds is 1. The molecule has 1 aliphatic rings. The lowest BCUT2D eigenvalue weighted by molar-refractivity contribution is -0.0279. The first-order valence-corrected chi connectivity index (χ1v) is 5.59. The van der Waals surface area contributed by atoms with Crippen LogP contribution < -0.4 is 10.6 Å². The van der Waals surface area contributed by atoms with E-state index >= 15 is 0 Å². The maximum absolute atomic E-state index is 5.77. The zero-order valence-corrected chi connectivity index (χ0v) is 10.2. The summed E-state index contributed by atoms with van der Waals surface area (Å²) in [5.74, 6) is 0.989. The zero-order chi connectivity index (χ0) is 11.8. The second kappa shape index (κ2) is 3.94. The van der Waals surface area contributed by atoms with Gasteiger partial charge in [0.2, 0.25) is 0 Å². The van der Waals surface area contributed by atoms with Gasteiger partial charge in [0.1, 0.15) is 5.82 Å². The second-order valence-corrected chi connectivity index (χ2v) is 4.93. The number of nitrogen functional groups attached to an aromatic ring is 1. The van der Waals surface area contributed by atoms with Crippen LogP contribution in [0.1, 0.15) is 19.4 Å². The molecule has 1 saturated heterocycles. The van der Waals surface area contributed by atoms with Crippen LogP contribution in [0.3, 0.4) is 0 Å². The summed E-state index contributed by atoms with van der Waals surface area (Å²) in [5, 5.41) is 0. The van der Waals surface area contributed by atoms with E-state index in [-0.39, 0.29) is 5.60 Å². The Kier molecular flexibility index (Phi) is 2.76. The summed E-state index contributed by atoms with van der Waals surface area (Å²) in [6.07, 6.45) is 1.73. The van der Waals surface area contributed by atoms with E-state index in [2.05, 4.69) is 23.7 Å². The largest absolute Gasteiger partial charge is 0.397 e. The molecule has 0 saturated carbocycles. The van der Waals surface area contributed by atoms with E-state index in [1.807, 2.05) is 13.0 Å². The maximum Gasteiger partial charge on any atom is 0.129 e. The quantitative estimate of drug-likeness (QED) is 0.782. The van der Waals surface area contributed by atoms with E-state index in [0.717, 1.165) is 36.8 Å². The van der Waals surface area contributed by atoms with E-state index < -0.39 is 0 Å². The van der Waals surface area contributed by atoms with Gasteiger partial charge in [-0.1, -0.05) is 0 Å². The molecule has 2 heterocycles. The summed E-state index contributed by atoms with van der Waals surface area (Å²) in [4.78, 5) is 6.62. The first-order valence-electron chi connectivity index (χ1n) is 5.59. The third-order valence-corrected chi connectivity index (χ3v) is 2.89. The highest BCUT2D eigenvalue weighted by molar-refractivity contribution is 5.52. The predicted octanol–water partition coefficient (Wildman–Crippen LogP) is 1.59. The molecule has 0 aromatic carbocycles. The van der Waals surface area contributed by atoms with Crippen molar-refractivity contribution in [1.82, 2.24) is 4.98 Å². The average molecular weight is 221 g/mol. The van der Waals surface area contributed by atoms with Crippen molar-refractivity contribution < 1.29 is 4.74 Å². The number of nitrogens with two attached hydrogens (primary N) is 1. The molecule has 2 rings (SSSR count). The van der Waals surface area contributed by atoms with Crippen LogP contribution in [0.4, 0.5) is 11.5 Å². The number of aromatic nitrogens is 1. The van der Waals surface area contributed by atoms with Gasteiger partial charge in [-0.3, -0.25) is 0 Å². The van der Waals surface area contributed by atoms with Gasteiger partial charge in [0.15, 0.2) is 0 Å². The number of morpholine rings is 1. The Balaban J connectivity index is 2.20. The van der Waals surface area contributed by atoms with Gasteiger partial charge in [0.25, 0.3) is 0 Å². The Morgan fingerprint density at radius 1 is 1.50 bits per heavy atom. The molecule has 1 aromatic rings. The summed E-state index contributed by atoms with van der Waals surface area (Å²) < 4.78 is 5.68. The molecule has 1 fully saturated rings. The maximum atomic E-state index is 5.77. The van der Waals surface area contributed by atoms with Crippen molar-refractivity contribution in [3.05, 3.63) is 17.8 Å². The van der Waals surface area contributed by atoms with Crippen molar-refractivity contribution in [3.63, 3.8) is 0 Å². The van der Waals surface area contributed by atoms with Crippen molar-refractivity contribution in [2.75, 3.05) is 30.3 Å². The van der Waals surface area contributed by atoms with Gasteiger partial charge >= 0.3 is 0 Å². The average Bonchev–Trinajstić information content (AvgIpc) is 2.20. The number of nitrogens with zero attached hydrogens (tertiary/aromatic N) is 2. The van der Waals surface area contributed by atoms with Crippen molar-refractivity contribution in [2.45, 2.75) is 26.4 Å². The second-order valence-electron chi connectivity index (χ2n) is 4.93. The van der Waals surface area contributed by atoms with E-state index in [9.17, 15) is 0 Å². The predicted molar refractivity (Wildman–Crippen MR) is 65.6 cm³/mol. The summed E-state index contributed by atoms with van der Waals surface area (Å²) in [7, 11) is 0. The highest BCUT2D eigenvalue weighted by atomic mass is 16.5. The minimum absolute atomic E-state index is 0.102. The van der Waals surface area contributed by atoms with E-state index in [1.165, 1.54) is 0 Å². The molecule has 0 radical (unpaired) electrons. The Morgan fingerprint density at radius 3 is 2.88 bits per heavy atom. The monoisotopic (exact) mass is 221 g/mol. The van der Waals surface area contributed by atoms with Crippen LogP contribution in [0.5, 0.6) is 0 Å². The molecular formula is C12H19N3O. The molecule has 0 amide bonds. The van der Waals surface area contributed by atoms with Gasteiger partial charge in [-0.15, -0.1) is 0 Å². The highest BCUT2D eigenvalue weighted by Crippen LogP contribution is 2.23. The summed E-state index contributed by atoms with van der Waals surface area (Å²) >= 11 is 0. The number of aryl methyl sites for hydroxylation is 1. The Labute approximate surface area is 96.4 Å². The van der Waals surface area contributed by atoms with Gasteiger partial charge < -0.3 is 15.4 Å². The molecule has 4 heteroatoms. The molecule has 16 heavy (non-hydrogen) atoms.